The third-order valence-electron chi connectivity index (χ3n) is 2.58. The number of rotatable bonds is 0. The number of hydrogen-bond acceptors (Lipinski definition) is 2. The van der Waals surface area contributed by atoms with Crippen LogP contribution in [0.25, 0.3) is 11.0 Å². The van der Waals surface area contributed by atoms with Crippen LogP contribution in [-0.4, -0.2) is 15.2 Å². The lowest BCUT2D eigenvalue weighted by atomic mass is 10.1. The van der Waals surface area contributed by atoms with Crippen LogP contribution < -0.4 is 4.74 Å². The van der Waals surface area contributed by atoms with Crippen molar-refractivity contribution >= 4 is 22.6 Å². The van der Waals surface area contributed by atoms with Crippen molar-refractivity contribution in [3.05, 3.63) is 23.2 Å². The van der Waals surface area contributed by atoms with Crippen molar-refractivity contribution < 1.29 is 4.74 Å². The van der Waals surface area contributed by atoms with Gasteiger partial charge in [0.25, 0.3) is 6.01 Å². The van der Waals surface area contributed by atoms with Gasteiger partial charge in [0, 0.05) is 5.02 Å². The molecule has 0 spiro atoms. The van der Waals surface area contributed by atoms with E-state index in [1.54, 1.807) is 0 Å². The zero-order valence-corrected chi connectivity index (χ0v) is 9.38. The van der Waals surface area contributed by atoms with Crippen molar-refractivity contribution in [2.45, 2.75) is 26.0 Å². The maximum atomic E-state index is 5.91. The number of halogens is 1. The third kappa shape index (κ3) is 1.30. The topological polar surface area (TPSA) is 27.1 Å². The van der Waals surface area contributed by atoms with Crippen LogP contribution in [-0.2, 0) is 6.54 Å². The Morgan fingerprint density at radius 2 is 2.27 bits per heavy atom. The van der Waals surface area contributed by atoms with E-state index in [0.29, 0.717) is 11.0 Å². The van der Waals surface area contributed by atoms with Crippen molar-refractivity contribution in [2.75, 3.05) is 0 Å². The summed E-state index contributed by atoms with van der Waals surface area (Å²) < 4.78 is 7.82. The first-order valence-electron chi connectivity index (χ1n) is 4.90. The molecule has 0 N–H and O–H groups in total. The molecule has 0 unspecified atom stereocenters. The summed E-state index contributed by atoms with van der Waals surface area (Å²) in [6.07, 6.45) is 0. The Kier molecular flexibility index (Phi) is 1.61. The fourth-order valence-electron chi connectivity index (χ4n) is 1.97. The lowest BCUT2D eigenvalue weighted by Crippen LogP contribution is -2.26. The average Bonchev–Trinajstić information content (AvgIpc) is 2.55. The molecule has 4 heteroatoms. The van der Waals surface area contributed by atoms with Crippen LogP contribution in [0.5, 0.6) is 6.01 Å². The first-order valence-corrected chi connectivity index (χ1v) is 5.28. The van der Waals surface area contributed by atoms with E-state index in [0.717, 1.165) is 17.6 Å². The summed E-state index contributed by atoms with van der Waals surface area (Å²) in [5.74, 6) is 0. The van der Waals surface area contributed by atoms with Gasteiger partial charge in [-0.15, -0.1) is 0 Å². The molecule has 0 fully saturated rings. The number of benzene rings is 1. The molecular formula is C11H11ClN2O. The van der Waals surface area contributed by atoms with Crippen molar-refractivity contribution in [2.24, 2.45) is 0 Å². The molecule has 15 heavy (non-hydrogen) atoms. The van der Waals surface area contributed by atoms with Crippen LogP contribution in [0.4, 0.5) is 0 Å². The summed E-state index contributed by atoms with van der Waals surface area (Å²) in [4.78, 5) is 4.41. The van der Waals surface area contributed by atoms with Crippen molar-refractivity contribution in [3.63, 3.8) is 0 Å². The molecule has 1 aliphatic rings. The Morgan fingerprint density at radius 1 is 1.47 bits per heavy atom. The van der Waals surface area contributed by atoms with Gasteiger partial charge >= 0.3 is 0 Å². The summed E-state index contributed by atoms with van der Waals surface area (Å²) in [5, 5.41) is 0.707. The normalized spacial score (nSPS) is 17.8. The Hall–Kier alpha value is -1.22. The largest absolute Gasteiger partial charge is 0.457 e. The van der Waals surface area contributed by atoms with Crippen LogP contribution >= 0.6 is 11.6 Å². The van der Waals surface area contributed by atoms with Crippen LogP contribution in [0.3, 0.4) is 0 Å². The van der Waals surface area contributed by atoms with Crippen LogP contribution in [0, 0.1) is 0 Å². The molecule has 0 saturated carbocycles. The van der Waals surface area contributed by atoms with E-state index in [-0.39, 0.29) is 5.60 Å². The maximum Gasteiger partial charge on any atom is 0.298 e. The highest BCUT2D eigenvalue weighted by Gasteiger charge is 2.32. The zero-order valence-electron chi connectivity index (χ0n) is 8.62. The number of hydrogen-bond donors (Lipinski definition) is 0. The van der Waals surface area contributed by atoms with E-state index < -0.39 is 0 Å². The van der Waals surface area contributed by atoms with Crippen LogP contribution in [0.1, 0.15) is 13.8 Å². The fourth-order valence-corrected chi connectivity index (χ4v) is 2.14. The Labute approximate surface area is 92.6 Å². The smallest absolute Gasteiger partial charge is 0.298 e. The summed E-state index contributed by atoms with van der Waals surface area (Å²) in [6, 6.07) is 6.42. The number of aromatic nitrogens is 2. The van der Waals surface area contributed by atoms with Crippen molar-refractivity contribution in [3.8, 4) is 6.01 Å². The molecule has 78 valence electrons. The number of ether oxygens (including phenoxy) is 1. The van der Waals surface area contributed by atoms with Crippen LogP contribution in [0.2, 0.25) is 5.02 Å². The van der Waals surface area contributed by atoms with E-state index >= 15 is 0 Å². The highest BCUT2D eigenvalue weighted by atomic mass is 35.5. The van der Waals surface area contributed by atoms with Gasteiger partial charge in [0.05, 0.1) is 17.6 Å². The molecule has 0 saturated heterocycles. The van der Waals surface area contributed by atoms with Gasteiger partial charge in [0.1, 0.15) is 5.60 Å². The second kappa shape index (κ2) is 2.67. The molecule has 0 amide bonds. The molecule has 1 aromatic heterocycles. The summed E-state index contributed by atoms with van der Waals surface area (Å²) in [7, 11) is 0. The Balaban J connectivity index is 2.23. The molecule has 2 aromatic rings. The highest BCUT2D eigenvalue weighted by molar-refractivity contribution is 6.31. The summed E-state index contributed by atoms with van der Waals surface area (Å²) >= 11 is 5.91. The number of nitrogens with zero attached hydrogens (tertiary/aromatic N) is 2. The first-order chi connectivity index (χ1) is 7.05. The molecule has 0 aliphatic carbocycles. The quantitative estimate of drug-likeness (QED) is 0.686. The minimum Gasteiger partial charge on any atom is -0.457 e. The number of fused-ring (bicyclic) bond motifs is 3. The molecule has 0 bridgehead atoms. The van der Waals surface area contributed by atoms with Gasteiger partial charge < -0.3 is 4.74 Å². The van der Waals surface area contributed by atoms with Gasteiger partial charge in [-0.2, -0.15) is 4.98 Å². The lowest BCUT2D eigenvalue weighted by Gasteiger charge is -2.15. The standard InChI is InChI=1S/C11H11ClN2O/c1-11(2)6-14-9-4-3-7(12)5-8(9)13-10(14)15-11/h3-5H,6H2,1-2H3. The van der Waals surface area contributed by atoms with Crippen molar-refractivity contribution in [1.29, 1.82) is 0 Å². The SMILES string of the molecule is CC1(C)Cn2c(nc3cc(Cl)ccc32)O1. The van der Waals surface area contributed by atoms with E-state index in [4.69, 9.17) is 16.3 Å². The lowest BCUT2D eigenvalue weighted by molar-refractivity contribution is 0.131. The molecule has 0 radical (unpaired) electrons. The summed E-state index contributed by atoms with van der Waals surface area (Å²) in [5.41, 5.74) is 1.82. The highest BCUT2D eigenvalue weighted by Crippen LogP contribution is 2.33. The second-order valence-electron chi connectivity index (χ2n) is 4.48. The summed E-state index contributed by atoms with van der Waals surface area (Å²) in [6.45, 7) is 4.95. The van der Waals surface area contributed by atoms with E-state index in [2.05, 4.69) is 23.4 Å². The molecule has 1 aromatic carbocycles. The number of imidazole rings is 1. The predicted molar refractivity (Wildman–Crippen MR) is 59.5 cm³/mol. The van der Waals surface area contributed by atoms with Gasteiger partial charge in [-0.05, 0) is 32.0 Å². The Bertz CT molecular complexity index is 545. The molecule has 0 atom stereocenters. The molecule has 3 rings (SSSR count). The molecular weight excluding hydrogens is 212 g/mol. The van der Waals surface area contributed by atoms with Gasteiger partial charge in [-0.25, -0.2) is 0 Å². The monoisotopic (exact) mass is 222 g/mol. The van der Waals surface area contributed by atoms with Gasteiger partial charge in [0.2, 0.25) is 0 Å². The van der Waals surface area contributed by atoms with Gasteiger partial charge in [-0.3, -0.25) is 4.57 Å². The molecule has 1 aliphatic heterocycles. The Morgan fingerprint density at radius 3 is 3.07 bits per heavy atom. The van der Waals surface area contributed by atoms with Crippen molar-refractivity contribution in [1.82, 2.24) is 9.55 Å². The predicted octanol–water partition coefficient (Wildman–Crippen LogP) is 2.86. The van der Waals surface area contributed by atoms with Crippen LogP contribution in [0.15, 0.2) is 18.2 Å². The first kappa shape index (κ1) is 9.04. The van der Waals surface area contributed by atoms with E-state index in [1.807, 2.05) is 18.2 Å². The fraction of sp³-hybridized carbons (Fsp3) is 0.364. The molecule has 3 nitrogen and oxygen atoms in total. The minimum absolute atomic E-state index is 0.157. The zero-order chi connectivity index (χ0) is 10.6. The maximum absolute atomic E-state index is 5.91. The average molecular weight is 223 g/mol. The second-order valence-corrected chi connectivity index (χ2v) is 4.91. The van der Waals surface area contributed by atoms with Gasteiger partial charge in [-0.1, -0.05) is 11.6 Å². The van der Waals surface area contributed by atoms with E-state index in [1.165, 1.54) is 0 Å². The minimum atomic E-state index is -0.157. The molecule has 2 heterocycles. The third-order valence-corrected chi connectivity index (χ3v) is 2.82. The van der Waals surface area contributed by atoms with Gasteiger partial charge in [0.15, 0.2) is 0 Å². The van der Waals surface area contributed by atoms with E-state index in [9.17, 15) is 0 Å².